The van der Waals surface area contributed by atoms with Crippen molar-refractivity contribution >= 4 is 15.9 Å². The van der Waals surface area contributed by atoms with Gasteiger partial charge < -0.3 is 4.90 Å². The molecule has 7 nitrogen and oxygen atoms in total. The zero-order chi connectivity index (χ0) is 11.2. The molecule has 1 aromatic heterocycles. The Bertz CT molecular complexity index is 518. The Morgan fingerprint density at radius 1 is 1.47 bits per heavy atom. The summed E-state index contributed by atoms with van der Waals surface area (Å²) in [5.74, 6) is -0.372. The lowest BCUT2D eigenvalue weighted by Gasteiger charge is -2.23. The van der Waals surface area contributed by atoms with Crippen LogP contribution in [0.15, 0.2) is 11.1 Å². The Hall–Kier alpha value is -1.41. The molecule has 0 atom stereocenters. The van der Waals surface area contributed by atoms with E-state index in [1.165, 1.54) is 9.58 Å². The summed E-state index contributed by atoms with van der Waals surface area (Å²) in [6, 6.07) is 0. The monoisotopic (exact) mass is 230 g/mol. The molecule has 1 aliphatic heterocycles. The second kappa shape index (κ2) is 3.04. The van der Waals surface area contributed by atoms with Gasteiger partial charge in [0.05, 0.1) is 12.7 Å². The molecule has 0 saturated heterocycles. The number of fused-ring (bicyclic) bond motifs is 1. The molecule has 82 valence electrons. The van der Waals surface area contributed by atoms with E-state index in [0.717, 1.165) is 6.20 Å². The number of aromatic nitrogens is 2. The number of hydrogen-bond donors (Lipinski definition) is 1. The molecule has 0 radical (unpaired) electrons. The van der Waals surface area contributed by atoms with Gasteiger partial charge in [-0.3, -0.25) is 9.48 Å². The molecule has 1 aliphatic rings. The molecule has 15 heavy (non-hydrogen) atoms. The number of carbonyl (C=O) groups is 1. The second-order valence-corrected chi connectivity index (χ2v) is 4.88. The van der Waals surface area contributed by atoms with Crippen LogP contribution in [-0.2, 0) is 16.6 Å². The van der Waals surface area contributed by atoms with E-state index in [4.69, 9.17) is 5.14 Å². The molecule has 2 N–H and O–H groups in total. The van der Waals surface area contributed by atoms with Crippen molar-refractivity contribution in [3.05, 3.63) is 11.9 Å². The van der Waals surface area contributed by atoms with Gasteiger partial charge in [0.15, 0.2) is 0 Å². The third-order valence-corrected chi connectivity index (χ3v) is 3.22. The van der Waals surface area contributed by atoms with Gasteiger partial charge in [-0.1, -0.05) is 0 Å². The maximum atomic E-state index is 11.7. The number of nitrogens with two attached hydrogens (primary N) is 1. The average Bonchev–Trinajstić information content (AvgIpc) is 2.54. The fourth-order valence-electron chi connectivity index (χ4n) is 1.49. The van der Waals surface area contributed by atoms with E-state index in [0.29, 0.717) is 13.1 Å². The van der Waals surface area contributed by atoms with Crippen molar-refractivity contribution < 1.29 is 13.2 Å². The van der Waals surface area contributed by atoms with Crippen LogP contribution in [0.5, 0.6) is 0 Å². The molecular formula is C7H10N4O3S. The summed E-state index contributed by atoms with van der Waals surface area (Å²) < 4.78 is 23.7. The maximum Gasteiger partial charge on any atom is 0.273 e. The van der Waals surface area contributed by atoms with Gasteiger partial charge >= 0.3 is 0 Å². The van der Waals surface area contributed by atoms with Crippen molar-refractivity contribution in [1.29, 1.82) is 0 Å². The lowest BCUT2D eigenvalue weighted by atomic mass is 10.3. The van der Waals surface area contributed by atoms with Crippen molar-refractivity contribution in [2.24, 2.45) is 5.14 Å². The Morgan fingerprint density at radius 3 is 2.73 bits per heavy atom. The minimum absolute atomic E-state index is 0.0475. The molecule has 0 bridgehead atoms. The highest BCUT2D eigenvalue weighted by atomic mass is 32.2. The molecule has 0 aromatic carbocycles. The van der Waals surface area contributed by atoms with Crippen molar-refractivity contribution in [3.63, 3.8) is 0 Å². The summed E-state index contributed by atoms with van der Waals surface area (Å²) in [6.45, 7) is 0.991. The highest BCUT2D eigenvalue weighted by Crippen LogP contribution is 2.18. The zero-order valence-corrected chi connectivity index (χ0v) is 8.86. The number of hydrogen-bond acceptors (Lipinski definition) is 4. The third kappa shape index (κ3) is 1.51. The molecule has 1 amide bonds. The molecule has 0 saturated carbocycles. The summed E-state index contributed by atoms with van der Waals surface area (Å²) in [4.78, 5) is 12.9. The highest BCUT2D eigenvalue weighted by molar-refractivity contribution is 7.89. The lowest BCUT2D eigenvalue weighted by molar-refractivity contribution is 0.0738. The maximum absolute atomic E-state index is 11.7. The number of rotatable bonds is 1. The van der Waals surface area contributed by atoms with E-state index in [1.54, 1.807) is 7.05 Å². The predicted octanol–water partition coefficient (Wildman–Crippen LogP) is -1.38. The normalized spacial score (nSPS) is 16.7. The minimum atomic E-state index is -3.89. The van der Waals surface area contributed by atoms with Crippen molar-refractivity contribution in [1.82, 2.24) is 14.7 Å². The molecule has 2 heterocycles. The Labute approximate surface area is 86.5 Å². The van der Waals surface area contributed by atoms with Crippen LogP contribution in [0.3, 0.4) is 0 Å². The van der Waals surface area contributed by atoms with Crippen molar-refractivity contribution in [3.8, 4) is 0 Å². The first-order chi connectivity index (χ1) is 6.91. The van der Waals surface area contributed by atoms with Crippen molar-refractivity contribution in [2.45, 2.75) is 11.4 Å². The van der Waals surface area contributed by atoms with Gasteiger partial charge in [0, 0.05) is 13.6 Å². The van der Waals surface area contributed by atoms with Crippen LogP contribution in [0.1, 0.15) is 10.5 Å². The van der Waals surface area contributed by atoms with E-state index in [-0.39, 0.29) is 16.5 Å². The van der Waals surface area contributed by atoms with Crippen molar-refractivity contribution in [2.75, 3.05) is 13.6 Å². The van der Waals surface area contributed by atoms with Crippen LogP contribution in [-0.4, -0.2) is 42.6 Å². The SMILES string of the molecule is CN1CCn2ncc(S(N)(=O)=O)c2C1=O. The summed E-state index contributed by atoms with van der Waals surface area (Å²) in [7, 11) is -2.29. The molecule has 1 aromatic rings. The van der Waals surface area contributed by atoms with Crippen LogP contribution in [0, 0.1) is 0 Å². The van der Waals surface area contributed by atoms with Gasteiger partial charge in [0.25, 0.3) is 5.91 Å². The first-order valence-electron chi connectivity index (χ1n) is 4.25. The van der Waals surface area contributed by atoms with Crippen LogP contribution < -0.4 is 5.14 Å². The topological polar surface area (TPSA) is 98.3 Å². The zero-order valence-electron chi connectivity index (χ0n) is 8.04. The molecule has 0 spiro atoms. The molecule has 8 heteroatoms. The number of primary sulfonamides is 1. The first-order valence-corrected chi connectivity index (χ1v) is 5.80. The quantitative estimate of drug-likeness (QED) is 0.642. The fraction of sp³-hybridized carbons (Fsp3) is 0.429. The number of carbonyl (C=O) groups excluding carboxylic acids is 1. The number of likely N-dealkylation sites (N-methyl/N-ethyl adjacent to an activating group) is 1. The van der Waals surface area contributed by atoms with Gasteiger partial charge in [0.2, 0.25) is 10.0 Å². The standard InChI is InChI=1S/C7H10N4O3S/c1-10-2-3-11-6(7(10)12)5(4-9-11)15(8,13)14/h4H,2-3H2,1H3,(H2,8,13,14). The van der Waals surface area contributed by atoms with E-state index in [1.807, 2.05) is 0 Å². The predicted molar refractivity (Wildman–Crippen MR) is 50.6 cm³/mol. The third-order valence-electron chi connectivity index (χ3n) is 2.31. The molecule has 0 aliphatic carbocycles. The van der Waals surface area contributed by atoms with E-state index in [9.17, 15) is 13.2 Å². The Balaban J connectivity index is 2.64. The highest BCUT2D eigenvalue weighted by Gasteiger charge is 2.30. The first kappa shape index (κ1) is 10.1. The summed E-state index contributed by atoms with van der Waals surface area (Å²) >= 11 is 0. The summed E-state index contributed by atoms with van der Waals surface area (Å²) in [6.07, 6.45) is 1.11. The van der Waals surface area contributed by atoms with Crippen LogP contribution in [0.25, 0.3) is 0 Å². The van der Waals surface area contributed by atoms with Gasteiger partial charge in [-0.05, 0) is 0 Å². The second-order valence-electron chi connectivity index (χ2n) is 3.35. The number of amides is 1. The van der Waals surface area contributed by atoms with Gasteiger partial charge in [-0.2, -0.15) is 5.10 Å². The van der Waals surface area contributed by atoms with E-state index >= 15 is 0 Å². The van der Waals surface area contributed by atoms with Gasteiger partial charge in [-0.15, -0.1) is 0 Å². The number of nitrogens with zero attached hydrogens (tertiary/aromatic N) is 3. The lowest BCUT2D eigenvalue weighted by Crippen LogP contribution is -2.38. The Morgan fingerprint density at radius 2 is 2.13 bits per heavy atom. The molecule has 0 unspecified atom stereocenters. The smallest absolute Gasteiger partial charge is 0.273 e. The summed E-state index contributed by atoms with van der Waals surface area (Å²) in [5, 5.41) is 8.80. The van der Waals surface area contributed by atoms with Crippen LogP contribution in [0.4, 0.5) is 0 Å². The molecule has 0 fully saturated rings. The largest absolute Gasteiger partial charge is 0.338 e. The van der Waals surface area contributed by atoms with E-state index < -0.39 is 10.0 Å². The fourth-order valence-corrected chi connectivity index (χ4v) is 2.15. The minimum Gasteiger partial charge on any atom is -0.338 e. The molecule has 2 rings (SSSR count). The van der Waals surface area contributed by atoms with Crippen LogP contribution in [0.2, 0.25) is 0 Å². The van der Waals surface area contributed by atoms with Gasteiger partial charge in [-0.25, -0.2) is 13.6 Å². The average molecular weight is 230 g/mol. The summed E-state index contributed by atoms with van der Waals surface area (Å²) in [5.41, 5.74) is 0.0475. The Kier molecular flexibility index (Phi) is 2.05. The van der Waals surface area contributed by atoms with Crippen LogP contribution >= 0.6 is 0 Å². The van der Waals surface area contributed by atoms with Gasteiger partial charge in [0.1, 0.15) is 10.6 Å². The molecular weight excluding hydrogens is 220 g/mol. The van der Waals surface area contributed by atoms with E-state index in [2.05, 4.69) is 5.10 Å². The number of sulfonamides is 1.